The second-order valence-electron chi connectivity index (χ2n) is 8.77. The largest absolute Gasteiger partial charge is 0.466 e. The number of carbonyl (C=O) groups is 3. The van der Waals surface area contributed by atoms with Crippen LogP contribution in [0.4, 0.5) is 4.79 Å². The molecule has 0 saturated carbocycles. The van der Waals surface area contributed by atoms with Crippen LogP contribution in [0.5, 0.6) is 0 Å². The third-order valence-electron chi connectivity index (χ3n) is 6.27. The Morgan fingerprint density at radius 3 is 2.42 bits per heavy atom. The molecule has 0 aromatic heterocycles. The highest BCUT2D eigenvalue weighted by Gasteiger charge is 2.34. The summed E-state index contributed by atoms with van der Waals surface area (Å²) in [7, 11) is 1.35. The first-order valence-electron chi connectivity index (χ1n) is 12.5. The minimum Gasteiger partial charge on any atom is -0.466 e. The molecule has 1 aliphatic heterocycles. The zero-order valence-electron chi connectivity index (χ0n) is 21.1. The average Bonchev–Trinajstić information content (AvgIpc) is 3.24. The first-order valence-corrected chi connectivity index (χ1v) is 12.5. The fourth-order valence-corrected chi connectivity index (χ4v) is 4.44. The van der Waals surface area contributed by atoms with E-state index >= 15 is 0 Å². The number of nitrogens with zero attached hydrogens (tertiary/aromatic N) is 1. The molecule has 1 unspecified atom stereocenters. The highest BCUT2D eigenvalue weighted by molar-refractivity contribution is 5.91. The molecule has 0 bridgehead atoms. The van der Waals surface area contributed by atoms with E-state index in [9.17, 15) is 14.4 Å². The van der Waals surface area contributed by atoms with Gasteiger partial charge in [0.1, 0.15) is 6.61 Å². The number of rotatable bonds is 13. The average molecular weight is 494 g/mol. The number of hydrogen-bond donors (Lipinski definition) is 0. The lowest BCUT2D eigenvalue weighted by atomic mass is 9.86. The highest BCUT2D eigenvalue weighted by Crippen LogP contribution is 2.32. The SMILES string of the molecule is CCOC(=O)CCCCCC(/C(=C/N1C(=O)OC[C@H]1Cc1ccccc1)C(=O)OC)c1ccccc1. The molecule has 0 spiro atoms. The Kier molecular flexibility index (Phi) is 10.5. The van der Waals surface area contributed by atoms with Crippen LogP contribution in [0.2, 0.25) is 0 Å². The normalized spacial score (nSPS) is 16.4. The smallest absolute Gasteiger partial charge is 0.414 e. The molecule has 2 aromatic rings. The molecule has 0 aliphatic carbocycles. The summed E-state index contributed by atoms with van der Waals surface area (Å²) in [6, 6.07) is 19.4. The van der Waals surface area contributed by atoms with E-state index in [0.717, 1.165) is 30.4 Å². The van der Waals surface area contributed by atoms with Crippen molar-refractivity contribution >= 4 is 18.0 Å². The van der Waals surface area contributed by atoms with E-state index in [0.29, 0.717) is 31.4 Å². The van der Waals surface area contributed by atoms with E-state index in [1.807, 2.05) is 60.7 Å². The topological polar surface area (TPSA) is 82.1 Å². The second kappa shape index (κ2) is 14.1. The Balaban J connectivity index is 1.81. The van der Waals surface area contributed by atoms with Crippen LogP contribution in [0.1, 0.15) is 56.1 Å². The lowest BCUT2D eigenvalue weighted by Crippen LogP contribution is -2.32. The van der Waals surface area contributed by atoms with Gasteiger partial charge in [0.15, 0.2) is 0 Å². The van der Waals surface area contributed by atoms with Gasteiger partial charge in [-0.15, -0.1) is 0 Å². The first kappa shape index (κ1) is 27.0. The van der Waals surface area contributed by atoms with E-state index in [1.165, 1.54) is 12.0 Å². The molecule has 3 rings (SSSR count). The van der Waals surface area contributed by atoms with E-state index in [1.54, 1.807) is 13.1 Å². The van der Waals surface area contributed by atoms with Crippen molar-refractivity contribution in [2.24, 2.45) is 0 Å². The minimum absolute atomic E-state index is 0.191. The van der Waals surface area contributed by atoms with Crippen molar-refractivity contribution in [2.75, 3.05) is 20.3 Å². The van der Waals surface area contributed by atoms with Crippen molar-refractivity contribution in [1.82, 2.24) is 4.90 Å². The number of cyclic esters (lactones) is 1. The maximum absolute atomic E-state index is 13.0. The number of benzene rings is 2. The van der Waals surface area contributed by atoms with E-state index in [4.69, 9.17) is 14.2 Å². The third-order valence-corrected chi connectivity index (χ3v) is 6.27. The second-order valence-corrected chi connectivity index (χ2v) is 8.77. The Hall–Kier alpha value is -3.61. The summed E-state index contributed by atoms with van der Waals surface area (Å²) in [4.78, 5) is 38.8. The standard InChI is InChI=1S/C29H35NO6/c1-3-35-27(31)18-12-6-11-17-25(23-15-9-5-10-16-23)26(28(32)34-2)20-30-24(21-36-29(30)33)19-22-13-7-4-8-14-22/h4-5,7-10,13-16,20,24-25H,3,6,11-12,17-19,21H2,1-2H3/b26-20-/t24-,25?/m1/s1. The van der Waals surface area contributed by atoms with Crippen LogP contribution in [0, 0.1) is 0 Å². The fraction of sp³-hybridized carbons (Fsp3) is 0.414. The molecule has 1 amide bonds. The van der Waals surface area contributed by atoms with E-state index in [-0.39, 0.29) is 24.5 Å². The Morgan fingerprint density at radius 2 is 1.75 bits per heavy atom. The molecule has 1 aliphatic rings. The van der Waals surface area contributed by atoms with Crippen LogP contribution in [-0.4, -0.2) is 49.3 Å². The van der Waals surface area contributed by atoms with Gasteiger partial charge in [0.2, 0.25) is 0 Å². The van der Waals surface area contributed by atoms with Gasteiger partial charge in [0.25, 0.3) is 0 Å². The zero-order chi connectivity index (χ0) is 25.8. The molecular formula is C29H35NO6. The van der Waals surface area contributed by atoms with Gasteiger partial charge < -0.3 is 14.2 Å². The predicted molar refractivity (Wildman–Crippen MR) is 136 cm³/mol. The van der Waals surface area contributed by atoms with Crippen molar-refractivity contribution in [3.63, 3.8) is 0 Å². The van der Waals surface area contributed by atoms with Gasteiger partial charge in [-0.2, -0.15) is 0 Å². The molecule has 7 nitrogen and oxygen atoms in total. The summed E-state index contributed by atoms with van der Waals surface area (Å²) in [5, 5.41) is 0. The van der Waals surface area contributed by atoms with Crippen molar-refractivity contribution in [2.45, 2.75) is 57.4 Å². The van der Waals surface area contributed by atoms with Gasteiger partial charge in [-0.1, -0.05) is 73.5 Å². The number of methoxy groups -OCH3 is 1. The summed E-state index contributed by atoms with van der Waals surface area (Å²) in [6.45, 7) is 2.43. The lowest BCUT2D eigenvalue weighted by Gasteiger charge is -2.24. The van der Waals surface area contributed by atoms with Crippen molar-refractivity contribution in [1.29, 1.82) is 0 Å². The van der Waals surface area contributed by atoms with E-state index in [2.05, 4.69) is 0 Å². The summed E-state index contributed by atoms with van der Waals surface area (Å²) in [5.74, 6) is -0.940. The lowest BCUT2D eigenvalue weighted by molar-refractivity contribution is -0.143. The maximum atomic E-state index is 13.0. The van der Waals surface area contributed by atoms with Gasteiger partial charge in [0, 0.05) is 18.5 Å². The van der Waals surface area contributed by atoms with Crippen molar-refractivity contribution in [3.05, 3.63) is 83.6 Å². The van der Waals surface area contributed by atoms with Crippen LogP contribution >= 0.6 is 0 Å². The van der Waals surface area contributed by atoms with Crippen LogP contribution in [0.25, 0.3) is 0 Å². The quantitative estimate of drug-likeness (QED) is 0.161. The number of amides is 1. The van der Waals surface area contributed by atoms with Crippen molar-refractivity contribution < 1.29 is 28.6 Å². The Labute approximate surface area is 213 Å². The highest BCUT2D eigenvalue weighted by atomic mass is 16.6. The minimum atomic E-state index is -0.478. The summed E-state index contributed by atoms with van der Waals surface area (Å²) in [5.41, 5.74) is 2.46. The third kappa shape index (κ3) is 7.70. The van der Waals surface area contributed by atoms with Gasteiger partial charge >= 0.3 is 18.0 Å². The van der Waals surface area contributed by atoms with Gasteiger partial charge in [-0.25, -0.2) is 9.59 Å². The van der Waals surface area contributed by atoms with Gasteiger partial charge in [-0.3, -0.25) is 9.69 Å². The first-order chi connectivity index (χ1) is 17.5. The summed E-state index contributed by atoms with van der Waals surface area (Å²) >= 11 is 0. The van der Waals surface area contributed by atoms with Crippen LogP contribution in [0.3, 0.4) is 0 Å². The molecule has 192 valence electrons. The van der Waals surface area contributed by atoms with E-state index < -0.39 is 12.1 Å². The molecule has 0 radical (unpaired) electrons. The Bertz CT molecular complexity index is 1020. The zero-order valence-corrected chi connectivity index (χ0v) is 21.1. The molecule has 1 heterocycles. The summed E-state index contributed by atoms with van der Waals surface area (Å²) < 4.78 is 15.5. The van der Waals surface area contributed by atoms with Gasteiger partial charge in [-0.05, 0) is 37.3 Å². The van der Waals surface area contributed by atoms with Crippen LogP contribution in [-0.2, 0) is 30.2 Å². The predicted octanol–water partition coefficient (Wildman–Crippen LogP) is 5.40. The molecule has 36 heavy (non-hydrogen) atoms. The van der Waals surface area contributed by atoms with Crippen LogP contribution < -0.4 is 0 Å². The fourth-order valence-electron chi connectivity index (χ4n) is 4.44. The Morgan fingerprint density at radius 1 is 1.06 bits per heavy atom. The molecular weight excluding hydrogens is 458 g/mol. The molecule has 1 fully saturated rings. The molecule has 2 aromatic carbocycles. The van der Waals surface area contributed by atoms with Crippen LogP contribution in [0.15, 0.2) is 72.4 Å². The van der Waals surface area contributed by atoms with Crippen molar-refractivity contribution in [3.8, 4) is 0 Å². The number of hydrogen-bond acceptors (Lipinski definition) is 6. The number of unbranched alkanes of at least 4 members (excludes halogenated alkanes) is 2. The monoisotopic (exact) mass is 493 g/mol. The van der Waals surface area contributed by atoms with Gasteiger partial charge in [0.05, 0.1) is 25.3 Å². The molecule has 0 N–H and O–H groups in total. The number of ether oxygens (including phenoxy) is 3. The summed E-state index contributed by atoms with van der Waals surface area (Å²) in [6.07, 6.45) is 5.13. The molecule has 1 saturated heterocycles. The molecule has 2 atom stereocenters. The maximum Gasteiger partial charge on any atom is 0.414 e. The number of carbonyl (C=O) groups excluding carboxylic acids is 3. The number of esters is 2. The molecule has 7 heteroatoms.